The van der Waals surface area contributed by atoms with E-state index in [0.717, 1.165) is 31.2 Å². The molecule has 1 aromatic carbocycles. The average Bonchev–Trinajstić information content (AvgIpc) is 2.95. The van der Waals surface area contributed by atoms with E-state index in [-0.39, 0.29) is 11.9 Å². The third kappa shape index (κ3) is 3.39. The Hall–Kier alpha value is -0.290. The third-order valence-electron chi connectivity index (χ3n) is 4.21. The number of nitrogens with zero attached hydrogens (tertiary/aromatic N) is 1. The second-order valence-electron chi connectivity index (χ2n) is 5.47. The van der Waals surface area contributed by atoms with Gasteiger partial charge in [0.05, 0.1) is 4.90 Å². The number of alkyl halides is 1. The maximum Gasteiger partial charge on any atom is 0.243 e. The molecule has 118 valence electrons. The molecule has 21 heavy (non-hydrogen) atoms. The molecule has 0 bridgehead atoms. The number of benzene rings is 1. The molecule has 0 radical (unpaired) electrons. The van der Waals surface area contributed by atoms with E-state index < -0.39 is 10.0 Å². The Morgan fingerprint density at radius 1 is 1.29 bits per heavy atom. The molecule has 0 atom stereocenters. The average molecular weight is 350 g/mol. The summed E-state index contributed by atoms with van der Waals surface area (Å²) in [4.78, 5) is 0.291. The van der Waals surface area contributed by atoms with E-state index >= 15 is 0 Å². The molecule has 0 aliphatic heterocycles. The lowest BCUT2D eigenvalue weighted by Gasteiger charge is -2.28. The molecule has 0 amide bonds. The Morgan fingerprint density at radius 2 is 1.90 bits per heavy atom. The standard InChI is InChI=1S/C15H21Cl2NO2S/c1-3-18(14-6-4-5-7-14)21(19,20)15-9-13(17)8-12(10-16)11(15)2/h8-9,14H,3-7,10H2,1-2H3. The highest BCUT2D eigenvalue weighted by Gasteiger charge is 2.33. The van der Waals surface area contributed by atoms with Crippen LogP contribution in [-0.4, -0.2) is 25.3 Å². The number of hydrogen-bond acceptors (Lipinski definition) is 2. The van der Waals surface area contributed by atoms with E-state index in [9.17, 15) is 8.42 Å². The van der Waals surface area contributed by atoms with Crippen LogP contribution in [0.4, 0.5) is 0 Å². The number of sulfonamides is 1. The van der Waals surface area contributed by atoms with Crippen LogP contribution in [0.1, 0.15) is 43.7 Å². The summed E-state index contributed by atoms with van der Waals surface area (Å²) in [6.45, 7) is 4.16. The Balaban J connectivity index is 2.49. The van der Waals surface area contributed by atoms with Gasteiger partial charge in [0.2, 0.25) is 10.0 Å². The van der Waals surface area contributed by atoms with Crippen molar-refractivity contribution in [2.75, 3.05) is 6.54 Å². The van der Waals surface area contributed by atoms with E-state index in [1.807, 2.05) is 6.92 Å². The summed E-state index contributed by atoms with van der Waals surface area (Å²) in [5.41, 5.74) is 1.47. The van der Waals surface area contributed by atoms with Crippen LogP contribution in [0.3, 0.4) is 0 Å². The molecule has 1 aromatic rings. The fraction of sp³-hybridized carbons (Fsp3) is 0.600. The molecule has 0 N–H and O–H groups in total. The second kappa shape index (κ2) is 6.86. The maximum atomic E-state index is 13.0. The first-order valence-electron chi connectivity index (χ1n) is 7.28. The van der Waals surface area contributed by atoms with Crippen molar-refractivity contribution in [3.63, 3.8) is 0 Å². The summed E-state index contributed by atoms with van der Waals surface area (Å²) in [6.07, 6.45) is 4.07. The summed E-state index contributed by atoms with van der Waals surface area (Å²) in [7, 11) is -3.53. The molecule has 2 rings (SSSR count). The molecule has 1 saturated carbocycles. The van der Waals surface area contributed by atoms with Gasteiger partial charge in [-0.25, -0.2) is 8.42 Å². The van der Waals surface area contributed by atoms with Crippen LogP contribution in [0.5, 0.6) is 0 Å². The molecule has 6 heteroatoms. The number of halogens is 2. The lowest BCUT2D eigenvalue weighted by Crippen LogP contribution is -2.39. The summed E-state index contributed by atoms with van der Waals surface area (Å²) in [6, 6.07) is 3.38. The molecule has 3 nitrogen and oxygen atoms in total. The van der Waals surface area contributed by atoms with Gasteiger partial charge in [-0.05, 0) is 43.0 Å². The molecule has 0 saturated heterocycles. The highest BCUT2D eigenvalue weighted by atomic mass is 35.5. The van der Waals surface area contributed by atoms with Crippen LogP contribution >= 0.6 is 23.2 Å². The highest BCUT2D eigenvalue weighted by molar-refractivity contribution is 7.89. The van der Waals surface area contributed by atoms with Crippen molar-refractivity contribution in [2.24, 2.45) is 0 Å². The molecular formula is C15H21Cl2NO2S. The number of hydrogen-bond donors (Lipinski definition) is 0. The monoisotopic (exact) mass is 349 g/mol. The van der Waals surface area contributed by atoms with E-state index in [4.69, 9.17) is 23.2 Å². The lowest BCUT2D eigenvalue weighted by molar-refractivity contribution is 0.335. The molecule has 1 aliphatic carbocycles. The molecule has 0 spiro atoms. The molecular weight excluding hydrogens is 329 g/mol. The Kier molecular flexibility index (Phi) is 5.58. The van der Waals surface area contributed by atoms with E-state index in [1.165, 1.54) is 0 Å². The van der Waals surface area contributed by atoms with Crippen molar-refractivity contribution in [3.05, 3.63) is 28.3 Å². The highest BCUT2D eigenvalue weighted by Crippen LogP contribution is 2.32. The SMILES string of the molecule is CCN(C1CCCC1)S(=O)(=O)c1cc(Cl)cc(CCl)c1C. The molecule has 1 fully saturated rings. The fourth-order valence-corrected chi connectivity index (χ4v) is 5.63. The second-order valence-corrected chi connectivity index (χ2v) is 8.03. The first-order chi connectivity index (χ1) is 9.91. The number of rotatable bonds is 5. The minimum absolute atomic E-state index is 0.109. The quantitative estimate of drug-likeness (QED) is 0.741. The van der Waals surface area contributed by atoms with Crippen molar-refractivity contribution < 1.29 is 8.42 Å². The van der Waals surface area contributed by atoms with Gasteiger partial charge in [-0.3, -0.25) is 0 Å². The van der Waals surface area contributed by atoms with Gasteiger partial charge in [0, 0.05) is 23.5 Å². The van der Waals surface area contributed by atoms with Crippen LogP contribution in [-0.2, 0) is 15.9 Å². The molecule has 0 unspecified atom stereocenters. The Morgan fingerprint density at radius 3 is 2.43 bits per heavy atom. The van der Waals surface area contributed by atoms with Crippen LogP contribution < -0.4 is 0 Å². The summed E-state index contributed by atoms with van der Waals surface area (Å²) < 4.78 is 27.7. The van der Waals surface area contributed by atoms with Crippen LogP contribution in [0.2, 0.25) is 5.02 Å². The molecule has 1 aliphatic rings. The van der Waals surface area contributed by atoms with Crippen LogP contribution in [0.15, 0.2) is 17.0 Å². The Labute approximate surface area is 137 Å². The summed E-state index contributed by atoms with van der Waals surface area (Å²) in [5.74, 6) is 0.254. The van der Waals surface area contributed by atoms with E-state index in [0.29, 0.717) is 22.0 Å². The van der Waals surface area contributed by atoms with Crippen molar-refractivity contribution in [3.8, 4) is 0 Å². The van der Waals surface area contributed by atoms with Crippen molar-refractivity contribution >= 4 is 33.2 Å². The predicted molar refractivity (Wildman–Crippen MR) is 87.6 cm³/mol. The van der Waals surface area contributed by atoms with Gasteiger partial charge in [-0.15, -0.1) is 11.6 Å². The first-order valence-corrected chi connectivity index (χ1v) is 9.64. The van der Waals surface area contributed by atoms with Gasteiger partial charge >= 0.3 is 0 Å². The van der Waals surface area contributed by atoms with Crippen molar-refractivity contribution in [2.45, 2.75) is 56.3 Å². The van der Waals surface area contributed by atoms with Crippen molar-refractivity contribution in [1.82, 2.24) is 4.31 Å². The van der Waals surface area contributed by atoms with Gasteiger partial charge in [-0.1, -0.05) is 31.4 Å². The van der Waals surface area contributed by atoms with Gasteiger partial charge in [0.25, 0.3) is 0 Å². The first kappa shape index (κ1) is 17.1. The summed E-state index contributed by atoms with van der Waals surface area (Å²) >= 11 is 12.0. The topological polar surface area (TPSA) is 37.4 Å². The van der Waals surface area contributed by atoms with E-state index in [1.54, 1.807) is 23.4 Å². The maximum absolute atomic E-state index is 13.0. The molecule has 0 heterocycles. The minimum Gasteiger partial charge on any atom is -0.207 e. The van der Waals surface area contributed by atoms with Gasteiger partial charge in [0.15, 0.2) is 0 Å². The van der Waals surface area contributed by atoms with Crippen molar-refractivity contribution in [1.29, 1.82) is 0 Å². The zero-order valence-corrected chi connectivity index (χ0v) is 14.7. The van der Waals surface area contributed by atoms with E-state index in [2.05, 4.69) is 0 Å². The normalized spacial score (nSPS) is 16.8. The Bertz CT molecular complexity index is 610. The van der Waals surface area contributed by atoms with Crippen LogP contribution in [0, 0.1) is 6.92 Å². The zero-order chi connectivity index (χ0) is 15.6. The summed E-state index contributed by atoms with van der Waals surface area (Å²) in [5, 5.41) is 0.414. The predicted octanol–water partition coefficient (Wildman–Crippen LogP) is 4.34. The smallest absolute Gasteiger partial charge is 0.207 e. The van der Waals surface area contributed by atoms with Gasteiger partial charge in [-0.2, -0.15) is 4.31 Å². The van der Waals surface area contributed by atoms with Crippen LogP contribution in [0.25, 0.3) is 0 Å². The zero-order valence-electron chi connectivity index (χ0n) is 12.4. The van der Waals surface area contributed by atoms with Gasteiger partial charge < -0.3 is 0 Å². The third-order valence-corrected chi connectivity index (χ3v) is 6.87. The van der Waals surface area contributed by atoms with Gasteiger partial charge in [0.1, 0.15) is 0 Å². The fourth-order valence-electron chi connectivity index (χ4n) is 3.06. The minimum atomic E-state index is -3.53. The largest absolute Gasteiger partial charge is 0.243 e. The molecule has 0 aromatic heterocycles. The lowest BCUT2D eigenvalue weighted by atomic mass is 10.1.